The number of halogens is 3. The first-order chi connectivity index (χ1) is 6.02. The third-order valence-electron chi connectivity index (χ3n) is 0.973. The molecule has 7 heteroatoms. The van der Waals surface area contributed by atoms with Crippen LogP contribution in [0.25, 0.3) is 0 Å². The van der Waals surface area contributed by atoms with Crippen LogP contribution in [0.3, 0.4) is 0 Å². The highest BCUT2D eigenvalue weighted by atomic mass is 19.4. The van der Waals surface area contributed by atoms with Gasteiger partial charge in [-0.25, -0.2) is 4.79 Å². The van der Waals surface area contributed by atoms with Gasteiger partial charge in [0, 0.05) is 5.54 Å². The van der Waals surface area contributed by atoms with Crippen molar-refractivity contribution in [3.63, 3.8) is 0 Å². The number of carbonyl (C=O) groups excluding carboxylic acids is 2. The van der Waals surface area contributed by atoms with Crippen molar-refractivity contribution in [3.05, 3.63) is 0 Å². The molecule has 0 unspecified atom stereocenters. The van der Waals surface area contributed by atoms with Gasteiger partial charge in [-0.1, -0.05) is 0 Å². The van der Waals surface area contributed by atoms with Gasteiger partial charge in [0.25, 0.3) is 0 Å². The largest absolute Gasteiger partial charge is 0.471 e. The first kappa shape index (κ1) is 12.7. The first-order valence-corrected chi connectivity index (χ1v) is 3.73. The van der Waals surface area contributed by atoms with Gasteiger partial charge < -0.3 is 5.32 Å². The van der Waals surface area contributed by atoms with Gasteiger partial charge in [0.05, 0.1) is 0 Å². The average Bonchev–Trinajstić information content (AvgIpc) is 1.79. The normalized spacial score (nSPS) is 12.1. The van der Waals surface area contributed by atoms with E-state index in [9.17, 15) is 22.8 Å². The molecule has 3 amide bonds. The Morgan fingerprint density at radius 3 is 1.79 bits per heavy atom. The number of carbonyl (C=O) groups is 2. The lowest BCUT2D eigenvalue weighted by Gasteiger charge is -2.20. The molecular weight excluding hydrogens is 201 g/mol. The van der Waals surface area contributed by atoms with Crippen LogP contribution in [0, 0.1) is 0 Å². The highest BCUT2D eigenvalue weighted by Gasteiger charge is 2.40. The molecule has 0 saturated heterocycles. The number of amides is 3. The smallest absolute Gasteiger partial charge is 0.333 e. The molecule has 2 N–H and O–H groups in total. The van der Waals surface area contributed by atoms with Crippen molar-refractivity contribution in [1.82, 2.24) is 10.6 Å². The van der Waals surface area contributed by atoms with Gasteiger partial charge in [-0.05, 0) is 20.8 Å². The summed E-state index contributed by atoms with van der Waals surface area (Å²) < 4.78 is 35.0. The molecule has 0 aromatic heterocycles. The number of hydrogen-bond acceptors (Lipinski definition) is 2. The molecule has 0 aliphatic heterocycles. The van der Waals surface area contributed by atoms with Crippen molar-refractivity contribution in [2.45, 2.75) is 32.5 Å². The monoisotopic (exact) mass is 212 g/mol. The summed E-state index contributed by atoms with van der Waals surface area (Å²) in [6, 6.07) is -1.17. The van der Waals surface area contributed by atoms with Crippen molar-refractivity contribution < 1.29 is 22.8 Å². The van der Waals surface area contributed by atoms with Crippen molar-refractivity contribution in [2.24, 2.45) is 0 Å². The van der Waals surface area contributed by atoms with Crippen LogP contribution in [-0.2, 0) is 4.79 Å². The molecule has 0 rings (SSSR count). The Balaban J connectivity index is 4.16. The zero-order valence-electron chi connectivity index (χ0n) is 7.95. The maximum Gasteiger partial charge on any atom is 0.471 e. The molecule has 0 aromatic rings. The zero-order valence-corrected chi connectivity index (χ0v) is 7.95. The molecule has 0 aliphatic rings. The maximum atomic E-state index is 11.7. The number of imide groups is 1. The van der Waals surface area contributed by atoms with Gasteiger partial charge in [0.15, 0.2) is 0 Å². The Morgan fingerprint density at radius 2 is 1.50 bits per heavy atom. The van der Waals surface area contributed by atoms with E-state index in [4.69, 9.17) is 0 Å². The number of hydrogen-bond donors (Lipinski definition) is 2. The predicted octanol–water partition coefficient (Wildman–Crippen LogP) is 1.17. The van der Waals surface area contributed by atoms with E-state index >= 15 is 0 Å². The molecule has 0 aliphatic carbocycles. The van der Waals surface area contributed by atoms with Crippen LogP contribution in [0.15, 0.2) is 0 Å². The van der Waals surface area contributed by atoms with Crippen LogP contribution < -0.4 is 10.6 Å². The minimum Gasteiger partial charge on any atom is -0.333 e. The maximum absolute atomic E-state index is 11.7. The summed E-state index contributed by atoms with van der Waals surface area (Å²) in [4.78, 5) is 21.0. The highest BCUT2D eigenvalue weighted by molar-refractivity contribution is 5.97. The van der Waals surface area contributed by atoms with Crippen molar-refractivity contribution in [3.8, 4) is 0 Å². The van der Waals surface area contributed by atoms with Crippen molar-refractivity contribution in [1.29, 1.82) is 0 Å². The second-order valence-corrected chi connectivity index (χ2v) is 3.66. The Morgan fingerprint density at radius 1 is 1.07 bits per heavy atom. The second kappa shape index (κ2) is 3.85. The molecule has 0 radical (unpaired) electrons. The Labute approximate surface area is 78.8 Å². The minimum absolute atomic E-state index is 0.698. The van der Waals surface area contributed by atoms with E-state index in [0.29, 0.717) is 0 Å². The molecule has 0 saturated carbocycles. The van der Waals surface area contributed by atoms with Gasteiger partial charge in [-0.3, -0.25) is 10.1 Å². The lowest BCUT2D eigenvalue weighted by Crippen LogP contribution is -2.51. The molecular formula is C7H11F3N2O2. The number of rotatable bonds is 0. The van der Waals surface area contributed by atoms with Crippen LogP contribution in [0.5, 0.6) is 0 Å². The van der Waals surface area contributed by atoms with Crippen molar-refractivity contribution in [2.75, 3.05) is 0 Å². The summed E-state index contributed by atoms with van der Waals surface area (Å²) in [5, 5.41) is 3.31. The van der Waals surface area contributed by atoms with E-state index in [1.54, 1.807) is 20.8 Å². The predicted molar refractivity (Wildman–Crippen MR) is 42.5 cm³/mol. The minimum atomic E-state index is -5.05. The van der Waals surface area contributed by atoms with Gasteiger partial charge in [0.1, 0.15) is 0 Å². The van der Waals surface area contributed by atoms with Gasteiger partial charge in [-0.2, -0.15) is 13.2 Å². The Bertz CT molecular complexity index is 242. The fraction of sp³-hybridized carbons (Fsp3) is 0.714. The first-order valence-electron chi connectivity index (χ1n) is 3.73. The van der Waals surface area contributed by atoms with Gasteiger partial charge in [-0.15, -0.1) is 0 Å². The van der Waals surface area contributed by atoms with Crippen LogP contribution in [0.1, 0.15) is 20.8 Å². The topological polar surface area (TPSA) is 58.2 Å². The van der Waals surface area contributed by atoms with Crippen molar-refractivity contribution >= 4 is 11.9 Å². The zero-order chi connectivity index (χ0) is 11.6. The summed E-state index contributed by atoms with van der Waals surface area (Å²) >= 11 is 0. The number of urea groups is 1. The quantitative estimate of drug-likeness (QED) is 0.633. The summed E-state index contributed by atoms with van der Waals surface area (Å²) in [5.74, 6) is -2.28. The SMILES string of the molecule is CC(C)(C)NC(=O)NC(=O)C(F)(F)F. The molecule has 0 bridgehead atoms. The van der Waals surface area contributed by atoms with Crippen LogP contribution >= 0.6 is 0 Å². The Hall–Kier alpha value is -1.27. The third-order valence-corrected chi connectivity index (χ3v) is 0.973. The van der Waals surface area contributed by atoms with E-state index in [-0.39, 0.29) is 0 Å². The fourth-order valence-electron chi connectivity index (χ4n) is 0.546. The average molecular weight is 212 g/mol. The van der Waals surface area contributed by atoms with Gasteiger partial charge >= 0.3 is 18.1 Å². The van der Waals surface area contributed by atoms with Crippen LogP contribution in [0.4, 0.5) is 18.0 Å². The lowest BCUT2D eigenvalue weighted by molar-refractivity contribution is -0.172. The molecule has 0 aromatic carbocycles. The molecule has 82 valence electrons. The van der Waals surface area contributed by atoms with E-state index in [2.05, 4.69) is 5.32 Å². The number of alkyl halides is 3. The molecule has 4 nitrogen and oxygen atoms in total. The van der Waals surface area contributed by atoms with E-state index in [0.717, 1.165) is 5.32 Å². The molecule has 0 atom stereocenters. The third kappa shape index (κ3) is 5.39. The molecule has 0 heterocycles. The van der Waals surface area contributed by atoms with Crippen LogP contribution in [-0.4, -0.2) is 23.7 Å². The molecule has 0 fully saturated rings. The fourth-order valence-corrected chi connectivity index (χ4v) is 0.546. The second-order valence-electron chi connectivity index (χ2n) is 3.66. The van der Waals surface area contributed by atoms with E-state index in [1.807, 2.05) is 0 Å². The van der Waals surface area contributed by atoms with Crippen LogP contribution in [0.2, 0.25) is 0 Å². The summed E-state index contributed by atoms with van der Waals surface area (Å²) in [6.45, 7) is 4.72. The van der Waals surface area contributed by atoms with E-state index in [1.165, 1.54) is 0 Å². The summed E-state index contributed by atoms with van der Waals surface area (Å²) in [5.41, 5.74) is -0.698. The summed E-state index contributed by atoms with van der Waals surface area (Å²) in [7, 11) is 0. The lowest BCUT2D eigenvalue weighted by atomic mass is 10.1. The Kier molecular flexibility index (Phi) is 3.50. The van der Waals surface area contributed by atoms with Gasteiger partial charge in [0.2, 0.25) is 0 Å². The molecule has 0 spiro atoms. The van der Waals surface area contributed by atoms with E-state index < -0.39 is 23.7 Å². The molecule has 14 heavy (non-hydrogen) atoms. The number of nitrogens with one attached hydrogen (secondary N) is 2. The highest BCUT2D eigenvalue weighted by Crippen LogP contribution is 2.13. The standard InChI is InChI=1S/C7H11F3N2O2/c1-6(2,3)12-5(14)11-4(13)7(8,9)10/h1-3H3,(H2,11,12,13,14). The summed E-state index contributed by atoms with van der Waals surface area (Å²) in [6.07, 6.45) is -5.05.